The largest absolute Gasteiger partial charge is 0.494 e. The molecule has 39 heavy (non-hydrogen) atoms. The summed E-state index contributed by atoms with van der Waals surface area (Å²) in [6, 6.07) is 13.8. The zero-order valence-corrected chi connectivity index (χ0v) is 22.4. The topological polar surface area (TPSA) is 97.4 Å². The quantitative estimate of drug-likeness (QED) is 0.0845. The number of hydrogen-bond acceptors (Lipinski definition) is 8. The molecule has 2 aromatic rings. The Morgan fingerprint density at radius 2 is 0.923 bits per heavy atom. The normalized spacial score (nSPS) is 10.3. The van der Waals surface area contributed by atoms with Gasteiger partial charge in [-0.1, -0.05) is 13.2 Å². The predicted molar refractivity (Wildman–Crippen MR) is 148 cm³/mol. The molecule has 0 N–H and O–H groups in total. The minimum Gasteiger partial charge on any atom is -0.494 e. The molecule has 8 nitrogen and oxygen atoms in total. The summed E-state index contributed by atoms with van der Waals surface area (Å²) < 4.78 is 26.8. The number of hydrogen-bond donors (Lipinski definition) is 0. The van der Waals surface area contributed by atoms with Gasteiger partial charge in [0.05, 0.1) is 32.0 Å². The van der Waals surface area contributed by atoms with Gasteiger partial charge in [0.1, 0.15) is 17.2 Å². The molecule has 0 aliphatic heterocycles. The number of esters is 3. The van der Waals surface area contributed by atoms with Crippen LogP contribution in [0.1, 0.15) is 61.7 Å². The average molecular weight is 539 g/mol. The lowest BCUT2D eigenvalue weighted by Crippen LogP contribution is -2.08. The second kappa shape index (κ2) is 19.1. The van der Waals surface area contributed by atoms with Crippen LogP contribution in [-0.2, 0) is 19.1 Å². The molecule has 0 aromatic heterocycles. The van der Waals surface area contributed by atoms with E-state index in [0.29, 0.717) is 49.2 Å². The molecule has 0 atom stereocenters. The minimum atomic E-state index is -0.453. The first-order valence-electron chi connectivity index (χ1n) is 13.3. The van der Waals surface area contributed by atoms with E-state index in [1.54, 1.807) is 48.5 Å². The van der Waals surface area contributed by atoms with E-state index in [9.17, 15) is 14.4 Å². The van der Waals surface area contributed by atoms with E-state index in [0.717, 1.165) is 63.5 Å². The van der Waals surface area contributed by atoms with Crippen LogP contribution < -0.4 is 14.2 Å². The Morgan fingerprint density at radius 1 is 0.538 bits per heavy atom. The number of rotatable bonds is 20. The molecule has 2 aromatic carbocycles. The second-order valence-electron chi connectivity index (χ2n) is 8.65. The highest BCUT2D eigenvalue weighted by Crippen LogP contribution is 2.20. The summed E-state index contributed by atoms with van der Waals surface area (Å²) in [6.45, 7) is 8.67. The molecular formula is C31H38O8. The number of unbranched alkanes of at least 4 members (excludes halogenated alkanes) is 6. The second-order valence-corrected chi connectivity index (χ2v) is 8.65. The zero-order valence-electron chi connectivity index (χ0n) is 22.4. The van der Waals surface area contributed by atoms with Crippen molar-refractivity contribution in [3.63, 3.8) is 0 Å². The van der Waals surface area contributed by atoms with Gasteiger partial charge >= 0.3 is 17.9 Å². The fraction of sp³-hybridized carbons (Fsp3) is 0.387. The molecule has 0 fully saturated rings. The maximum absolute atomic E-state index is 12.5. The Kier molecular flexibility index (Phi) is 15.2. The average Bonchev–Trinajstić information content (AvgIpc) is 2.96. The van der Waals surface area contributed by atoms with Gasteiger partial charge in [-0.15, -0.1) is 0 Å². The van der Waals surface area contributed by atoms with Crippen molar-refractivity contribution in [2.75, 3.05) is 26.4 Å². The highest BCUT2D eigenvalue weighted by Gasteiger charge is 2.09. The summed E-state index contributed by atoms with van der Waals surface area (Å²) in [6.07, 6.45) is 9.56. The molecular weight excluding hydrogens is 500 g/mol. The molecule has 0 spiro atoms. The summed E-state index contributed by atoms with van der Waals surface area (Å²) in [5, 5.41) is 0. The van der Waals surface area contributed by atoms with Gasteiger partial charge in [0.2, 0.25) is 0 Å². The fourth-order valence-corrected chi connectivity index (χ4v) is 3.42. The van der Waals surface area contributed by atoms with Crippen molar-refractivity contribution in [3.8, 4) is 17.2 Å². The van der Waals surface area contributed by atoms with Crippen LogP contribution in [-0.4, -0.2) is 44.3 Å². The first-order valence-corrected chi connectivity index (χ1v) is 13.3. The van der Waals surface area contributed by atoms with Crippen LogP contribution in [0.2, 0.25) is 0 Å². The Hall–Kier alpha value is -4.07. The zero-order chi connectivity index (χ0) is 28.1. The van der Waals surface area contributed by atoms with Gasteiger partial charge in [-0.25, -0.2) is 14.4 Å². The van der Waals surface area contributed by atoms with Gasteiger partial charge < -0.3 is 23.7 Å². The van der Waals surface area contributed by atoms with Crippen molar-refractivity contribution in [2.45, 2.75) is 51.4 Å². The van der Waals surface area contributed by atoms with E-state index in [2.05, 4.69) is 13.2 Å². The van der Waals surface area contributed by atoms with Crippen molar-refractivity contribution in [1.82, 2.24) is 0 Å². The maximum atomic E-state index is 12.5. The third-order valence-corrected chi connectivity index (χ3v) is 5.56. The van der Waals surface area contributed by atoms with Crippen molar-refractivity contribution >= 4 is 17.9 Å². The molecule has 0 saturated heterocycles. The monoisotopic (exact) mass is 538 g/mol. The summed E-state index contributed by atoms with van der Waals surface area (Å²) in [4.78, 5) is 34.4. The number of benzene rings is 2. The third kappa shape index (κ3) is 13.9. The number of ether oxygens (including phenoxy) is 5. The third-order valence-electron chi connectivity index (χ3n) is 5.56. The van der Waals surface area contributed by atoms with Crippen LogP contribution in [0.25, 0.3) is 0 Å². The van der Waals surface area contributed by atoms with Crippen molar-refractivity contribution < 1.29 is 38.1 Å². The highest BCUT2D eigenvalue weighted by molar-refractivity contribution is 5.91. The van der Waals surface area contributed by atoms with Crippen LogP contribution in [0.3, 0.4) is 0 Å². The minimum absolute atomic E-state index is 0.391. The van der Waals surface area contributed by atoms with Gasteiger partial charge in [0.15, 0.2) is 0 Å². The molecule has 0 saturated carbocycles. The van der Waals surface area contributed by atoms with Crippen LogP contribution in [0.5, 0.6) is 17.2 Å². The lowest BCUT2D eigenvalue weighted by molar-refractivity contribution is -0.138. The van der Waals surface area contributed by atoms with Crippen molar-refractivity contribution in [2.24, 2.45) is 0 Å². The van der Waals surface area contributed by atoms with Gasteiger partial charge in [0, 0.05) is 12.2 Å². The van der Waals surface area contributed by atoms with E-state index < -0.39 is 17.9 Å². The number of carbonyl (C=O) groups excluding carboxylic acids is 3. The summed E-state index contributed by atoms with van der Waals surface area (Å²) in [5.41, 5.74) is 0.427. The first kappa shape index (κ1) is 31.1. The Labute approximate surface area is 230 Å². The molecule has 0 aliphatic rings. The molecule has 8 heteroatoms. The van der Waals surface area contributed by atoms with E-state index in [4.69, 9.17) is 23.7 Å². The van der Waals surface area contributed by atoms with E-state index in [1.807, 2.05) is 0 Å². The van der Waals surface area contributed by atoms with Crippen molar-refractivity contribution in [1.29, 1.82) is 0 Å². The molecule has 0 unspecified atom stereocenters. The number of carbonyl (C=O) groups is 3. The Morgan fingerprint density at radius 3 is 1.36 bits per heavy atom. The van der Waals surface area contributed by atoms with E-state index in [-0.39, 0.29) is 0 Å². The van der Waals surface area contributed by atoms with Crippen LogP contribution in [0.15, 0.2) is 73.8 Å². The maximum Gasteiger partial charge on any atom is 0.343 e. The fourth-order valence-electron chi connectivity index (χ4n) is 3.42. The lowest BCUT2D eigenvalue weighted by Gasteiger charge is -2.09. The molecule has 0 amide bonds. The molecule has 210 valence electrons. The predicted octanol–water partition coefficient (Wildman–Crippen LogP) is 6.24. The molecule has 0 radical (unpaired) electrons. The SMILES string of the molecule is C=CC(=O)OCCCCCCOc1ccc(OC(=O)c2ccc(OCCCCCCOC(=O)C=C)cc2)cc1. The summed E-state index contributed by atoms with van der Waals surface area (Å²) >= 11 is 0. The molecule has 0 heterocycles. The summed E-state index contributed by atoms with van der Waals surface area (Å²) in [7, 11) is 0. The van der Waals surface area contributed by atoms with Crippen LogP contribution in [0, 0.1) is 0 Å². The van der Waals surface area contributed by atoms with Gasteiger partial charge in [-0.05, 0) is 99.9 Å². The Balaban J connectivity index is 1.58. The smallest absolute Gasteiger partial charge is 0.343 e. The lowest BCUT2D eigenvalue weighted by atomic mass is 10.2. The molecule has 0 aliphatic carbocycles. The standard InChI is InChI=1S/C31H38O8/c1-3-29(32)37-23-11-7-5-9-21-35-26-15-13-25(14-16-26)31(34)39-28-19-17-27(18-20-28)36-22-10-6-8-12-24-38-30(33)4-2/h3-4,13-20H,1-2,5-12,21-24H2. The first-order chi connectivity index (χ1) is 19.0. The Bertz CT molecular complexity index is 1030. The van der Waals surface area contributed by atoms with E-state index >= 15 is 0 Å². The van der Waals surface area contributed by atoms with Gasteiger partial charge in [0.25, 0.3) is 0 Å². The highest BCUT2D eigenvalue weighted by atomic mass is 16.5. The molecule has 2 rings (SSSR count). The van der Waals surface area contributed by atoms with Crippen LogP contribution >= 0.6 is 0 Å². The van der Waals surface area contributed by atoms with Gasteiger partial charge in [-0.3, -0.25) is 0 Å². The molecule has 0 bridgehead atoms. The van der Waals surface area contributed by atoms with Crippen molar-refractivity contribution in [3.05, 3.63) is 79.4 Å². The van der Waals surface area contributed by atoms with E-state index in [1.165, 1.54) is 0 Å². The van der Waals surface area contributed by atoms with Gasteiger partial charge in [-0.2, -0.15) is 0 Å². The summed E-state index contributed by atoms with van der Waals surface area (Å²) in [5.74, 6) is 0.581. The van der Waals surface area contributed by atoms with Crippen LogP contribution in [0.4, 0.5) is 0 Å².